The molecule has 0 unspecified atom stereocenters. The highest BCUT2D eigenvalue weighted by Crippen LogP contribution is 2.18. The summed E-state index contributed by atoms with van der Waals surface area (Å²) in [6.07, 6.45) is 0. The largest absolute Gasteiger partial charge is 0.334 e. The zero-order valence-corrected chi connectivity index (χ0v) is 14.5. The van der Waals surface area contributed by atoms with Crippen molar-refractivity contribution in [2.45, 2.75) is 13.1 Å². The van der Waals surface area contributed by atoms with Crippen LogP contribution in [0.5, 0.6) is 0 Å². The van der Waals surface area contributed by atoms with Crippen LogP contribution in [0.15, 0.2) is 84.9 Å². The summed E-state index contributed by atoms with van der Waals surface area (Å²) in [5.41, 5.74) is 2.81. The Morgan fingerprint density at radius 2 is 1.44 bits per heavy atom. The molecule has 3 nitrogen and oxygen atoms in total. The maximum atomic E-state index is 12.8. The van der Waals surface area contributed by atoms with Crippen molar-refractivity contribution in [3.05, 3.63) is 101 Å². The van der Waals surface area contributed by atoms with E-state index in [4.69, 9.17) is 11.6 Å². The fraction of sp³-hybridized carbons (Fsp3) is 0.0952. The lowest BCUT2D eigenvalue weighted by Gasteiger charge is -2.23. The Hall–Kier alpha value is -2.78. The van der Waals surface area contributed by atoms with E-state index < -0.39 is 0 Å². The molecule has 1 N–H and O–H groups in total. The molecule has 3 aromatic carbocycles. The fourth-order valence-electron chi connectivity index (χ4n) is 2.56. The second-order valence-electron chi connectivity index (χ2n) is 5.66. The van der Waals surface area contributed by atoms with Gasteiger partial charge in [0.1, 0.15) is 0 Å². The molecule has 2 amide bonds. The molecule has 0 saturated heterocycles. The van der Waals surface area contributed by atoms with Gasteiger partial charge in [-0.05, 0) is 29.3 Å². The second-order valence-corrected chi connectivity index (χ2v) is 6.06. The molecule has 0 bridgehead atoms. The molecule has 0 aliphatic carbocycles. The fourth-order valence-corrected chi connectivity index (χ4v) is 2.76. The van der Waals surface area contributed by atoms with Gasteiger partial charge in [-0.25, -0.2) is 4.79 Å². The van der Waals surface area contributed by atoms with Gasteiger partial charge in [-0.2, -0.15) is 0 Å². The molecule has 0 atom stereocenters. The van der Waals surface area contributed by atoms with Gasteiger partial charge in [0, 0.05) is 17.3 Å². The molecule has 0 spiro atoms. The molecule has 0 aromatic heterocycles. The molecule has 0 heterocycles. The number of para-hydroxylation sites is 1. The van der Waals surface area contributed by atoms with Crippen LogP contribution < -0.4 is 10.2 Å². The summed E-state index contributed by atoms with van der Waals surface area (Å²) in [6.45, 7) is 0.885. The first kappa shape index (κ1) is 17.1. The number of hydrogen-bond donors (Lipinski definition) is 1. The van der Waals surface area contributed by atoms with Crippen molar-refractivity contribution in [1.29, 1.82) is 0 Å². The van der Waals surface area contributed by atoms with E-state index >= 15 is 0 Å². The third-order valence-corrected chi connectivity index (χ3v) is 4.25. The average molecular weight is 351 g/mol. The van der Waals surface area contributed by atoms with Crippen molar-refractivity contribution >= 4 is 23.3 Å². The molecule has 4 heteroatoms. The van der Waals surface area contributed by atoms with Gasteiger partial charge in [0.15, 0.2) is 0 Å². The number of rotatable bonds is 5. The van der Waals surface area contributed by atoms with E-state index in [1.54, 1.807) is 4.90 Å². The summed E-state index contributed by atoms with van der Waals surface area (Å²) >= 11 is 6.17. The Bertz CT molecular complexity index is 822. The number of hydrogen-bond acceptors (Lipinski definition) is 1. The molecule has 25 heavy (non-hydrogen) atoms. The summed E-state index contributed by atoms with van der Waals surface area (Å²) in [5, 5.41) is 3.61. The molecule has 0 radical (unpaired) electrons. The lowest BCUT2D eigenvalue weighted by molar-refractivity contribution is 0.245. The van der Waals surface area contributed by atoms with Crippen LogP contribution in [0.1, 0.15) is 11.1 Å². The molecule has 0 saturated carbocycles. The topological polar surface area (TPSA) is 32.3 Å². The summed E-state index contributed by atoms with van der Waals surface area (Å²) in [7, 11) is 0. The Morgan fingerprint density at radius 3 is 2.12 bits per heavy atom. The van der Waals surface area contributed by atoms with Crippen LogP contribution in [-0.4, -0.2) is 6.03 Å². The van der Waals surface area contributed by atoms with Crippen LogP contribution in [-0.2, 0) is 13.1 Å². The van der Waals surface area contributed by atoms with Crippen molar-refractivity contribution < 1.29 is 4.79 Å². The first-order chi connectivity index (χ1) is 12.2. The van der Waals surface area contributed by atoms with E-state index in [-0.39, 0.29) is 6.03 Å². The lowest BCUT2D eigenvalue weighted by Crippen LogP contribution is -2.39. The quantitative estimate of drug-likeness (QED) is 0.669. The number of urea groups is 1. The van der Waals surface area contributed by atoms with Crippen molar-refractivity contribution in [2.75, 3.05) is 4.90 Å². The summed E-state index contributed by atoms with van der Waals surface area (Å²) in [6, 6.07) is 26.9. The lowest BCUT2D eigenvalue weighted by atomic mass is 10.2. The highest BCUT2D eigenvalue weighted by Gasteiger charge is 2.16. The minimum Gasteiger partial charge on any atom is -0.334 e. The van der Waals surface area contributed by atoms with E-state index in [1.807, 2.05) is 84.9 Å². The van der Waals surface area contributed by atoms with Crippen LogP contribution in [0.3, 0.4) is 0 Å². The summed E-state index contributed by atoms with van der Waals surface area (Å²) in [4.78, 5) is 14.5. The van der Waals surface area contributed by atoms with Crippen molar-refractivity contribution in [2.24, 2.45) is 0 Å². The average Bonchev–Trinajstić information content (AvgIpc) is 2.67. The number of carbonyl (C=O) groups excluding carboxylic acids is 1. The predicted octanol–water partition coefficient (Wildman–Crippen LogP) is 5.26. The normalized spacial score (nSPS) is 10.3. The smallest absolute Gasteiger partial charge is 0.322 e. The highest BCUT2D eigenvalue weighted by molar-refractivity contribution is 6.31. The number of nitrogens with zero attached hydrogens (tertiary/aromatic N) is 1. The third-order valence-electron chi connectivity index (χ3n) is 3.88. The van der Waals surface area contributed by atoms with Crippen LogP contribution in [0.2, 0.25) is 5.02 Å². The first-order valence-corrected chi connectivity index (χ1v) is 8.49. The van der Waals surface area contributed by atoms with Gasteiger partial charge in [-0.1, -0.05) is 78.3 Å². The van der Waals surface area contributed by atoms with E-state index in [0.717, 1.165) is 16.8 Å². The number of nitrogens with one attached hydrogen (secondary N) is 1. The number of benzene rings is 3. The molecular formula is C21H19ClN2O. The molecule has 0 fully saturated rings. The van der Waals surface area contributed by atoms with Crippen molar-refractivity contribution in [1.82, 2.24) is 5.32 Å². The molecule has 0 aliphatic heterocycles. The van der Waals surface area contributed by atoms with Gasteiger partial charge in [0.05, 0.1) is 6.54 Å². The number of carbonyl (C=O) groups is 1. The zero-order chi connectivity index (χ0) is 17.5. The first-order valence-electron chi connectivity index (χ1n) is 8.12. The number of amides is 2. The van der Waals surface area contributed by atoms with Crippen LogP contribution in [0, 0.1) is 0 Å². The van der Waals surface area contributed by atoms with Crippen LogP contribution in [0.4, 0.5) is 10.5 Å². The van der Waals surface area contributed by atoms with Crippen LogP contribution >= 0.6 is 11.6 Å². The van der Waals surface area contributed by atoms with Gasteiger partial charge in [0.25, 0.3) is 0 Å². The maximum Gasteiger partial charge on any atom is 0.322 e. The number of halogens is 1. The van der Waals surface area contributed by atoms with Gasteiger partial charge >= 0.3 is 6.03 Å². The Kier molecular flexibility index (Phi) is 5.70. The van der Waals surface area contributed by atoms with E-state index in [1.165, 1.54) is 0 Å². The maximum absolute atomic E-state index is 12.8. The molecular weight excluding hydrogens is 332 g/mol. The van der Waals surface area contributed by atoms with Crippen molar-refractivity contribution in [3.63, 3.8) is 0 Å². The third kappa shape index (κ3) is 4.61. The zero-order valence-electron chi connectivity index (χ0n) is 13.7. The van der Waals surface area contributed by atoms with E-state index in [0.29, 0.717) is 18.1 Å². The van der Waals surface area contributed by atoms with Gasteiger partial charge in [-0.3, -0.25) is 4.90 Å². The predicted molar refractivity (Wildman–Crippen MR) is 103 cm³/mol. The van der Waals surface area contributed by atoms with E-state index in [9.17, 15) is 4.79 Å². The molecule has 126 valence electrons. The molecule has 0 aliphatic rings. The summed E-state index contributed by atoms with van der Waals surface area (Å²) < 4.78 is 0. The molecule has 3 aromatic rings. The highest BCUT2D eigenvalue weighted by atomic mass is 35.5. The monoisotopic (exact) mass is 350 g/mol. The Labute approximate surface area is 152 Å². The van der Waals surface area contributed by atoms with Gasteiger partial charge in [-0.15, -0.1) is 0 Å². The Morgan fingerprint density at radius 1 is 0.840 bits per heavy atom. The second kappa shape index (κ2) is 8.36. The minimum atomic E-state index is -0.157. The summed E-state index contributed by atoms with van der Waals surface area (Å²) in [5.74, 6) is 0. The Balaban J connectivity index is 1.76. The number of anilines is 1. The van der Waals surface area contributed by atoms with Gasteiger partial charge in [0.2, 0.25) is 0 Å². The van der Waals surface area contributed by atoms with E-state index in [2.05, 4.69) is 5.32 Å². The standard InChI is InChI=1S/C21H19ClN2O/c22-20-14-8-7-11-18(20)15-23-21(25)24(19-12-5-2-6-13-19)16-17-9-3-1-4-10-17/h1-14H,15-16H2,(H,23,25). The SMILES string of the molecule is O=C(NCc1ccccc1Cl)N(Cc1ccccc1)c1ccccc1. The van der Waals surface area contributed by atoms with Crippen molar-refractivity contribution in [3.8, 4) is 0 Å². The van der Waals surface area contributed by atoms with Gasteiger partial charge < -0.3 is 5.32 Å². The van der Waals surface area contributed by atoms with Crippen LogP contribution in [0.25, 0.3) is 0 Å². The molecule has 3 rings (SSSR count). The minimum absolute atomic E-state index is 0.157.